The highest BCUT2D eigenvalue weighted by molar-refractivity contribution is 6.31. The first-order valence-corrected chi connectivity index (χ1v) is 4.17. The summed E-state index contributed by atoms with van der Waals surface area (Å²) < 4.78 is 5.07. The molecule has 1 heterocycles. The van der Waals surface area contributed by atoms with Crippen LogP contribution >= 0.6 is 11.6 Å². The molecule has 0 N–H and O–H groups in total. The van der Waals surface area contributed by atoms with Crippen LogP contribution in [0.1, 0.15) is 5.56 Å². The molecule has 2 rings (SSSR count). The summed E-state index contributed by atoms with van der Waals surface area (Å²) in [6.07, 6.45) is 1.51. The van der Waals surface area contributed by atoms with Gasteiger partial charge in [0.25, 0.3) is 0 Å². The van der Waals surface area contributed by atoms with Crippen LogP contribution in [-0.2, 0) is 0 Å². The number of hydrogen-bond acceptors (Lipinski definition) is 4. The standard InChI is InChI=1S/C8H5ClN2O3/c9-6-1-5-3-10-4-14-8(5)7(2-6)11(12)13/h1-3H,4H2. The Morgan fingerprint density at radius 2 is 2.36 bits per heavy atom. The highest BCUT2D eigenvalue weighted by Crippen LogP contribution is 2.34. The first kappa shape index (κ1) is 8.96. The van der Waals surface area contributed by atoms with Crippen molar-refractivity contribution in [3.63, 3.8) is 0 Å². The quantitative estimate of drug-likeness (QED) is 0.528. The zero-order chi connectivity index (χ0) is 10.1. The molecule has 6 heteroatoms. The van der Waals surface area contributed by atoms with E-state index >= 15 is 0 Å². The molecular formula is C8H5ClN2O3. The van der Waals surface area contributed by atoms with Crippen molar-refractivity contribution in [2.24, 2.45) is 4.99 Å². The second-order valence-corrected chi connectivity index (χ2v) is 3.12. The van der Waals surface area contributed by atoms with Crippen LogP contribution in [0.25, 0.3) is 0 Å². The Bertz CT molecular complexity index is 431. The molecular weight excluding hydrogens is 208 g/mol. The highest BCUT2D eigenvalue weighted by atomic mass is 35.5. The summed E-state index contributed by atoms with van der Waals surface area (Å²) in [7, 11) is 0. The fourth-order valence-corrected chi connectivity index (χ4v) is 1.45. The number of fused-ring (bicyclic) bond motifs is 1. The monoisotopic (exact) mass is 212 g/mol. The minimum atomic E-state index is -0.524. The van der Waals surface area contributed by atoms with Gasteiger partial charge in [0, 0.05) is 22.9 Å². The summed E-state index contributed by atoms with van der Waals surface area (Å²) in [6, 6.07) is 2.84. The second-order valence-electron chi connectivity index (χ2n) is 2.69. The average Bonchev–Trinajstić information content (AvgIpc) is 2.16. The maximum Gasteiger partial charge on any atom is 0.313 e. The van der Waals surface area contributed by atoms with Gasteiger partial charge in [-0.15, -0.1) is 0 Å². The number of nitro benzene ring substituents is 1. The molecule has 0 unspecified atom stereocenters. The van der Waals surface area contributed by atoms with E-state index in [1.165, 1.54) is 12.3 Å². The van der Waals surface area contributed by atoms with Crippen molar-refractivity contribution in [1.82, 2.24) is 0 Å². The molecule has 1 aliphatic heterocycles. The maximum absolute atomic E-state index is 10.6. The molecule has 72 valence electrons. The van der Waals surface area contributed by atoms with E-state index in [2.05, 4.69) is 4.99 Å². The molecule has 0 fully saturated rings. The van der Waals surface area contributed by atoms with Crippen LogP contribution in [0.2, 0.25) is 5.02 Å². The van der Waals surface area contributed by atoms with Gasteiger partial charge in [-0.25, -0.2) is 0 Å². The topological polar surface area (TPSA) is 64.7 Å². The summed E-state index contributed by atoms with van der Waals surface area (Å²) in [6.45, 7) is 0.107. The van der Waals surface area contributed by atoms with Crippen molar-refractivity contribution in [1.29, 1.82) is 0 Å². The fraction of sp³-hybridized carbons (Fsp3) is 0.125. The van der Waals surface area contributed by atoms with Crippen LogP contribution in [0.4, 0.5) is 5.69 Å². The van der Waals surface area contributed by atoms with Crippen LogP contribution in [0.5, 0.6) is 5.75 Å². The van der Waals surface area contributed by atoms with Crippen molar-refractivity contribution < 1.29 is 9.66 Å². The van der Waals surface area contributed by atoms with Crippen LogP contribution < -0.4 is 4.74 Å². The minimum Gasteiger partial charge on any atom is -0.463 e. The summed E-state index contributed by atoms with van der Waals surface area (Å²) in [4.78, 5) is 14.0. The van der Waals surface area contributed by atoms with Crippen molar-refractivity contribution in [3.8, 4) is 5.75 Å². The Hall–Kier alpha value is -1.62. The van der Waals surface area contributed by atoms with Crippen LogP contribution in [-0.4, -0.2) is 17.9 Å². The molecule has 0 amide bonds. The molecule has 0 spiro atoms. The van der Waals surface area contributed by atoms with Gasteiger partial charge in [-0.1, -0.05) is 11.6 Å². The number of nitrogens with zero attached hydrogens (tertiary/aromatic N) is 2. The number of benzene rings is 1. The van der Waals surface area contributed by atoms with Gasteiger partial charge in [-0.3, -0.25) is 15.1 Å². The first-order valence-electron chi connectivity index (χ1n) is 3.79. The molecule has 0 aromatic heterocycles. The van der Waals surface area contributed by atoms with Gasteiger partial charge >= 0.3 is 5.69 Å². The minimum absolute atomic E-state index is 0.107. The highest BCUT2D eigenvalue weighted by Gasteiger charge is 2.21. The van der Waals surface area contributed by atoms with Crippen molar-refractivity contribution in [2.45, 2.75) is 0 Å². The van der Waals surface area contributed by atoms with E-state index in [1.54, 1.807) is 6.07 Å². The van der Waals surface area contributed by atoms with E-state index in [0.29, 0.717) is 10.6 Å². The number of nitro groups is 1. The molecule has 0 atom stereocenters. The van der Waals surface area contributed by atoms with Crippen molar-refractivity contribution in [3.05, 3.63) is 32.8 Å². The number of halogens is 1. The Balaban J connectivity index is 2.65. The van der Waals surface area contributed by atoms with Gasteiger partial charge in [0.2, 0.25) is 5.75 Å². The number of rotatable bonds is 1. The first-order chi connectivity index (χ1) is 6.68. The third-order valence-electron chi connectivity index (χ3n) is 1.77. The summed E-state index contributed by atoms with van der Waals surface area (Å²) in [5.41, 5.74) is 0.411. The van der Waals surface area contributed by atoms with E-state index in [4.69, 9.17) is 16.3 Å². The predicted octanol–water partition coefficient (Wildman–Crippen LogP) is 2.02. The zero-order valence-corrected chi connectivity index (χ0v) is 7.69. The molecule has 0 saturated heterocycles. The number of ether oxygens (including phenoxy) is 1. The number of hydrogen-bond donors (Lipinski definition) is 0. The molecule has 0 aliphatic carbocycles. The SMILES string of the molecule is O=[N+]([O-])c1cc(Cl)cc2c1OCN=C2. The molecule has 1 aromatic rings. The second kappa shape index (κ2) is 3.26. The van der Waals surface area contributed by atoms with E-state index in [-0.39, 0.29) is 18.2 Å². The zero-order valence-electron chi connectivity index (χ0n) is 6.94. The lowest BCUT2D eigenvalue weighted by Crippen LogP contribution is -2.06. The summed E-state index contributed by atoms with van der Waals surface area (Å²) >= 11 is 5.70. The molecule has 1 aromatic carbocycles. The summed E-state index contributed by atoms with van der Waals surface area (Å²) in [5.74, 6) is 0.231. The molecule has 0 saturated carbocycles. The van der Waals surface area contributed by atoms with Crippen LogP contribution in [0, 0.1) is 10.1 Å². The van der Waals surface area contributed by atoms with E-state index in [1.807, 2.05) is 0 Å². The molecule has 14 heavy (non-hydrogen) atoms. The Morgan fingerprint density at radius 1 is 1.57 bits per heavy atom. The van der Waals surface area contributed by atoms with E-state index in [0.717, 1.165) is 0 Å². The molecule has 5 nitrogen and oxygen atoms in total. The van der Waals surface area contributed by atoms with Gasteiger partial charge < -0.3 is 4.74 Å². The van der Waals surface area contributed by atoms with Crippen molar-refractivity contribution in [2.75, 3.05) is 6.73 Å². The van der Waals surface area contributed by atoms with Gasteiger partial charge in [-0.05, 0) is 6.07 Å². The average molecular weight is 213 g/mol. The lowest BCUT2D eigenvalue weighted by molar-refractivity contribution is -0.385. The van der Waals surface area contributed by atoms with Gasteiger partial charge in [0.15, 0.2) is 6.73 Å². The third-order valence-corrected chi connectivity index (χ3v) is 1.99. The number of aliphatic imine (C=N–C) groups is 1. The molecule has 0 bridgehead atoms. The maximum atomic E-state index is 10.6. The van der Waals surface area contributed by atoms with E-state index < -0.39 is 4.92 Å². The fourth-order valence-electron chi connectivity index (χ4n) is 1.23. The van der Waals surface area contributed by atoms with Gasteiger partial charge in [0.05, 0.1) is 4.92 Å². The van der Waals surface area contributed by atoms with Crippen molar-refractivity contribution >= 4 is 23.5 Å². The Kier molecular flexibility index (Phi) is 2.09. The predicted molar refractivity (Wildman–Crippen MR) is 51.2 cm³/mol. The molecule has 0 radical (unpaired) electrons. The molecule has 1 aliphatic rings. The van der Waals surface area contributed by atoms with Crippen LogP contribution in [0.15, 0.2) is 17.1 Å². The Labute approximate surface area is 84.1 Å². The van der Waals surface area contributed by atoms with E-state index in [9.17, 15) is 10.1 Å². The normalized spacial score (nSPS) is 13.2. The third kappa shape index (κ3) is 1.42. The Morgan fingerprint density at radius 3 is 3.07 bits per heavy atom. The lowest BCUT2D eigenvalue weighted by Gasteiger charge is -2.11. The van der Waals surface area contributed by atoms with Gasteiger partial charge in [0.1, 0.15) is 0 Å². The largest absolute Gasteiger partial charge is 0.463 e. The summed E-state index contributed by atoms with van der Waals surface area (Å²) in [5, 5.41) is 10.9. The van der Waals surface area contributed by atoms with Crippen LogP contribution in [0.3, 0.4) is 0 Å². The smallest absolute Gasteiger partial charge is 0.313 e. The lowest BCUT2D eigenvalue weighted by atomic mass is 10.2. The van der Waals surface area contributed by atoms with Gasteiger partial charge in [-0.2, -0.15) is 0 Å².